The summed E-state index contributed by atoms with van der Waals surface area (Å²) in [7, 11) is 0. The molecule has 0 spiro atoms. The molecule has 4 aliphatic rings. The second-order valence-electron chi connectivity index (χ2n) is 10.8. The van der Waals surface area contributed by atoms with Gasteiger partial charge in [0.1, 0.15) is 0 Å². The molecule has 0 amide bonds. The Hall–Kier alpha value is -0.120. The Labute approximate surface area is 157 Å². The van der Waals surface area contributed by atoms with Crippen molar-refractivity contribution < 1.29 is 5.11 Å². The summed E-state index contributed by atoms with van der Waals surface area (Å²) < 4.78 is 0. The average Bonchev–Trinajstić information content (AvgIpc) is 3.12. The topological polar surface area (TPSA) is 26.7 Å². The molecule has 3 nitrogen and oxygen atoms in total. The minimum Gasteiger partial charge on any atom is -0.391 e. The van der Waals surface area contributed by atoms with Gasteiger partial charge in [0.05, 0.1) is 6.10 Å². The van der Waals surface area contributed by atoms with E-state index in [-0.39, 0.29) is 19.1 Å². The maximum Gasteiger partial charge on any atom is 0.0710 e. The summed E-state index contributed by atoms with van der Waals surface area (Å²) in [6.07, 6.45) is 7.78. The molecule has 6 atom stereocenters. The summed E-state index contributed by atoms with van der Waals surface area (Å²) in [6, 6.07) is 2.92. The molecule has 25 heavy (non-hydrogen) atoms. The molecule has 4 aliphatic heterocycles. The Bertz CT molecular complexity index is 408. The second-order valence-corrected chi connectivity index (χ2v) is 10.8. The molecule has 148 valence electrons. The molecule has 3 heteroatoms. The lowest BCUT2D eigenvalue weighted by Crippen LogP contribution is -2.46. The fourth-order valence-electron chi connectivity index (χ4n) is 6.34. The van der Waals surface area contributed by atoms with E-state index in [9.17, 15) is 5.11 Å². The zero-order valence-corrected chi connectivity index (χ0v) is 17.0. The summed E-state index contributed by atoms with van der Waals surface area (Å²) >= 11 is 0. The fraction of sp³-hybridized carbons (Fsp3) is 1.00. The molecule has 6 unspecified atom stereocenters. The van der Waals surface area contributed by atoms with Crippen molar-refractivity contribution >= 4 is 0 Å². The van der Waals surface area contributed by atoms with Crippen LogP contribution in [0.25, 0.3) is 0 Å². The first kappa shape index (κ1) is 21.2. The van der Waals surface area contributed by atoms with Gasteiger partial charge in [0, 0.05) is 35.2 Å². The number of aliphatic hydroxyl groups is 1. The number of rotatable bonds is 0. The summed E-state index contributed by atoms with van der Waals surface area (Å²) in [4.78, 5) is 5.27. The van der Waals surface area contributed by atoms with Gasteiger partial charge in [-0.1, -0.05) is 14.4 Å². The van der Waals surface area contributed by atoms with Gasteiger partial charge >= 0.3 is 0 Å². The van der Waals surface area contributed by atoms with E-state index in [1.165, 1.54) is 32.1 Å². The quantitative estimate of drug-likeness (QED) is 0.686. The van der Waals surface area contributed by atoms with Crippen molar-refractivity contribution in [2.45, 2.75) is 136 Å². The van der Waals surface area contributed by atoms with Gasteiger partial charge in [-0.15, -0.1) is 0 Å². The molecule has 4 fully saturated rings. The summed E-state index contributed by atoms with van der Waals surface area (Å²) in [5.74, 6) is 0.947. The van der Waals surface area contributed by atoms with Crippen molar-refractivity contribution in [3.63, 3.8) is 0 Å². The monoisotopic (exact) mass is 352 g/mol. The smallest absolute Gasteiger partial charge is 0.0710 e. The SMILES string of the molecule is C.CC(C)(C)N1C2CCC1C(O)C2.CC1CC2CCC1N2C(C)(C)C. The molecule has 0 aromatic heterocycles. The molecule has 0 aromatic rings. The van der Waals surface area contributed by atoms with E-state index in [1.807, 2.05) is 0 Å². The van der Waals surface area contributed by atoms with Crippen LogP contribution in [0.4, 0.5) is 0 Å². The number of fused-ring (bicyclic) bond motifs is 4. The van der Waals surface area contributed by atoms with Crippen LogP contribution >= 0.6 is 0 Å². The van der Waals surface area contributed by atoms with Crippen molar-refractivity contribution in [2.24, 2.45) is 5.92 Å². The first-order valence-electron chi connectivity index (χ1n) is 10.2. The maximum absolute atomic E-state index is 9.71. The Morgan fingerprint density at radius 2 is 1.16 bits per heavy atom. The molecule has 0 aliphatic carbocycles. The van der Waals surface area contributed by atoms with Gasteiger partial charge in [-0.3, -0.25) is 9.80 Å². The van der Waals surface area contributed by atoms with Gasteiger partial charge in [-0.25, -0.2) is 0 Å². The first-order valence-corrected chi connectivity index (χ1v) is 10.2. The van der Waals surface area contributed by atoms with Gasteiger partial charge < -0.3 is 5.11 Å². The average molecular weight is 353 g/mol. The highest BCUT2D eigenvalue weighted by atomic mass is 16.3. The van der Waals surface area contributed by atoms with Gasteiger partial charge in [0.25, 0.3) is 0 Å². The van der Waals surface area contributed by atoms with Crippen molar-refractivity contribution in [1.29, 1.82) is 0 Å². The molecule has 0 radical (unpaired) electrons. The summed E-state index contributed by atoms with van der Waals surface area (Å²) in [5.41, 5.74) is 0.639. The number of nitrogens with zero attached hydrogens (tertiary/aromatic N) is 2. The van der Waals surface area contributed by atoms with Crippen LogP contribution in [-0.4, -0.2) is 56.3 Å². The Morgan fingerprint density at radius 1 is 0.720 bits per heavy atom. The minimum atomic E-state index is -0.0528. The zero-order valence-electron chi connectivity index (χ0n) is 17.0. The van der Waals surface area contributed by atoms with E-state index in [0.717, 1.165) is 24.4 Å². The molecule has 4 heterocycles. The van der Waals surface area contributed by atoms with Crippen LogP contribution < -0.4 is 0 Å². The Balaban J connectivity index is 0.000000173. The van der Waals surface area contributed by atoms with Gasteiger partial charge in [-0.2, -0.15) is 0 Å². The van der Waals surface area contributed by atoms with Crippen LogP contribution in [0.15, 0.2) is 0 Å². The van der Waals surface area contributed by atoms with Crippen LogP contribution in [0.2, 0.25) is 0 Å². The van der Waals surface area contributed by atoms with Crippen LogP contribution in [0.5, 0.6) is 0 Å². The zero-order chi connectivity index (χ0) is 17.9. The molecule has 0 aromatic carbocycles. The highest BCUT2D eigenvalue weighted by molar-refractivity contribution is 5.05. The minimum absolute atomic E-state index is 0. The third-order valence-electron chi connectivity index (χ3n) is 6.90. The van der Waals surface area contributed by atoms with Gasteiger partial charge in [-0.05, 0) is 86.0 Å². The van der Waals surface area contributed by atoms with Gasteiger partial charge in [0.15, 0.2) is 0 Å². The normalized spacial score (nSPS) is 40.8. The van der Waals surface area contributed by atoms with Crippen LogP contribution in [0.3, 0.4) is 0 Å². The first-order chi connectivity index (χ1) is 11.0. The lowest BCUT2D eigenvalue weighted by atomic mass is 9.91. The van der Waals surface area contributed by atoms with Crippen LogP contribution in [0.1, 0.15) is 94.4 Å². The van der Waals surface area contributed by atoms with Crippen molar-refractivity contribution in [2.75, 3.05) is 0 Å². The van der Waals surface area contributed by atoms with E-state index >= 15 is 0 Å². The second kappa shape index (κ2) is 7.13. The standard InChI is InChI=1S/C11H21N.C10H19NO.CH4/c1-8-7-9-5-6-10(8)12(9)11(2,3)4;1-10(2,3)11-7-4-5-8(11)9(12)6-7;/h8-10H,5-7H2,1-4H3;7-9,12H,4-6H2,1-3H3;1H4. The van der Waals surface area contributed by atoms with E-state index in [1.54, 1.807) is 0 Å². The predicted molar refractivity (Wildman–Crippen MR) is 108 cm³/mol. The van der Waals surface area contributed by atoms with Crippen molar-refractivity contribution in [3.05, 3.63) is 0 Å². The number of hydrogen-bond donors (Lipinski definition) is 1. The summed E-state index contributed by atoms with van der Waals surface area (Å²) in [5, 5.41) is 9.71. The van der Waals surface area contributed by atoms with E-state index in [0.29, 0.717) is 17.6 Å². The largest absolute Gasteiger partial charge is 0.391 e. The molecule has 4 saturated heterocycles. The molecular formula is C22H44N2O. The third kappa shape index (κ3) is 3.94. The fourth-order valence-corrected chi connectivity index (χ4v) is 6.34. The molecule has 4 bridgehead atoms. The predicted octanol–water partition coefficient (Wildman–Crippen LogP) is 4.68. The number of hydrogen-bond acceptors (Lipinski definition) is 3. The van der Waals surface area contributed by atoms with Crippen molar-refractivity contribution in [3.8, 4) is 0 Å². The summed E-state index contributed by atoms with van der Waals surface area (Å²) in [6.45, 7) is 16.2. The lowest BCUT2D eigenvalue weighted by molar-refractivity contribution is 0.0737. The Kier molecular flexibility index (Phi) is 6.04. The van der Waals surface area contributed by atoms with Crippen LogP contribution in [-0.2, 0) is 0 Å². The Morgan fingerprint density at radius 3 is 1.36 bits per heavy atom. The highest BCUT2D eigenvalue weighted by Gasteiger charge is 2.49. The highest BCUT2D eigenvalue weighted by Crippen LogP contribution is 2.45. The van der Waals surface area contributed by atoms with Crippen molar-refractivity contribution in [1.82, 2.24) is 9.80 Å². The number of aliphatic hydroxyl groups excluding tert-OH is 1. The van der Waals surface area contributed by atoms with E-state index in [4.69, 9.17) is 0 Å². The van der Waals surface area contributed by atoms with Crippen LogP contribution in [0, 0.1) is 5.92 Å². The third-order valence-corrected chi connectivity index (χ3v) is 6.90. The van der Waals surface area contributed by atoms with Gasteiger partial charge in [0.2, 0.25) is 0 Å². The van der Waals surface area contributed by atoms with E-state index in [2.05, 4.69) is 58.3 Å². The molecule has 0 saturated carbocycles. The molecule has 1 N–H and O–H groups in total. The lowest BCUT2D eigenvalue weighted by Gasteiger charge is -2.36. The molecular weight excluding hydrogens is 308 g/mol. The maximum atomic E-state index is 9.71. The molecule has 4 rings (SSSR count). The van der Waals surface area contributed by atoms with E-state index < -0.39 is 0 Å².